The lowest BCUT2D eigenvalue weighted by atomic mass is 10.1. The Morgan fingerprint density at radius 3 is 2.69 bits per heavy atom. The average Bonchev–Trinajstić information content (AvgIpc) is 2.16. The quantitative estimate of drug-likeness (QED) is 0.864. The van der Waals surface area contributed by atoms with Gasteiger partial charge in [0.2, 0.25) is 0 Å². The molecule has 1 atom stereocenters. The zero-order valence-corrected chi connectivity index (χ0v) is 11.9. The molecular weight excluding hydrogens is 264 g/mol. The molecule has 90 valence electrons. The van der Waals surface area contributed by atoms with E-state index in [1.165, 1.54) is 5.56 Å². The van der Waals surface area contributed by atoms with Crippen molar-refractivity contribution in [3.63, 3.8) is 0 Å². The van der Waals surface area contributed by atoms with Crippen LogP contribution in [0.4, 0.5) is 0 Å². The summed E-state index contributed by atoms with van der Waals surface area (Å²) in [6, 6.07) is 9.06. The summed E-state index contributed by atoms with van der Waals surface area (Å²) in [5.74, 6) is 0. The minimum atomic E-state index is 0.523. The van der Waals surface area contributed by atoms with Gasteiger partial charge in [0.25, 0.3) is 0 Å². The van der Waals surface area contributed by atoms with Crippen LogP contribution in [0.15, 0.2) is 28.7 Å². The van der Waals surface area contributed by atoms with Crippen LogP contribution in [0.3, 0.4) is 0 Å². The number of rotatable bonds is 6. The van der Waals surface area contributed by atoms with Crippen LogP contribution in [0.25, 0.3) is 0 Å². The van der Waals surface area contributed by atoms with E-state index in [0.29, 0.717) is 6.04 Å². The second-order valence-electron chi connectivity index (χ2n) is 4.35. The van der Waals surface area contributed by atoms with Gasteiger partial charge in [0, 0.05) is 17.1 Å². The molecule has 0 bridgehead atoms. The van der Waals surface area contributed by atoms with Gasteiger partial charge in [-0.25, -0.2) is 0 Å². The van der Waals surface area contributed by atoms with Crippen LogP contribution in [-0.4, -0.2) is 38.1 Å². The summed E-state index contributed by atoms with van der Waals surface area (Å²) in [6.45, 7) is 4.25. The van der Waals surface area contributed by atoms with Crippen LogP contribution in [0, 0.1) is 0 Å². The maximum absolute atomic E-state index is 3.52. The summed E-state index contributed by atoms with van der Waals surface area (Å²) in [7, 11) is 4.23. The van der Waals surface area contributed by atoms with Crippen molar-refractivity contribution in [3.8, 4) is 0 Å². The van der Waals surface area contributed by atoms with Gasteiger partial charge in [-0.15, -0.1) is 0 Å². The van der Waals surface area contributed by atoms with E-state index in [1.54, 1.807) is 0 Å². The lowest BCUT2D eigenvalue weighted by molar-refractivity contribution is 0.339. The van der Waals surface area contributed by atoms with Crippen LogP contribution in [0.2, 0.25) is 0 Å². The Labute approximate surface area is 107 Å². The molecule has 1 aromatic rings. The van der Waals surface area contributed by atoms with Crippen LogP contribution in [0.5, 0.6) is 0 Å². The topological polar surface area (TPSA) is 15.3 Å². The maximum Gasteiger partial charge on any atom is 0.0235 e. The number of likely N-dealkylation sites (N-methyl/N-ethyl adjacent to an activating group) is 2. The fourth-order valence-electron chi connectivity index (χ4n) is 1.88. The third-order valence-electron chi connectivity index (χ3n) is 2.45. The van der Waals surface area contributed by atoms with E-state index in [4.69, 9.17) is 0 Å². The molecule has 0 saturated heterocycles. The number of hydrogen-bond donors (Lipinski definition) is 1. The highest BCUT2D eigenvalue weighted by Gasteiger charge is 2.09. The zero-order valence-electron chi connectivity index (χ0n) is 10.3. The highest BCUT2D eigenvalue weighted by molar-refractivity contribution is 9.10. The fourth-order valence-corrected chi connectivity index (χ4v) is 2.33. The molecule has 0 spiro atoms. The maximum atomic E-state index is 3.52. The molecule has 1 rings (SSSR count). The Balaban J connectivity index is 2.60. The van der Waals surface area contributed by atoms with Gasteiger partial charge in [0.15, 0.2) is 0 Å². The summed E-state index contributed by atoms with van der Waals surface area (Å²) in [6.07, 6.45) is 1.07. The predicted octanol–water partition coefficient (Wildman–Crippen LogP) is 2.53. The lowest BCUT2D eigenvalue weighted by Gasteiger charge is -2.22. The Morgan fingerprint density at radius 1 is 1.38 bits per heavy atom. The predicted molar refractivity (Wildman–Crippen MR) is 73.9 cm³/mol. The van der Waals surface area contributed by atoms with Crippen molar-refractivity contribution >= 4 is 15.9 Å². The Morgan fingerprint density at radius 2 is 2.12 bits per heavy atom. The summed E-state index contributed by atoms with van der Waals surface area (Å²) >= 11 is 3.51. The molecule has 0 aromatic heterocycles. The van der Waals surface area contributed by atoms with Crippen LogP contribution >= 0.6 is 15.9 Å². The van der Waals surface area contributed by atoms with E-state index in [-0.39, 0.29) is 0 Å². The first-order valence-electron chi connectivity index (χ1n) is 5.74. The van der Waals surface area contributed by atoms with Gasteiger partial charge in [-0.05, 0) is 44.8 Å². The van der Waals surface area contributed by atoms with Gasteiger partial charge in [0.1, 0.15) is 0 Å². The van der Waals surface area contributed by atoms with Gasteiger partial charge in [0.05, 0.1) is 0 Å². The number of hydrogen-bond acceptors (Lipinski definition) is 2. The number of nitrogens with one attached hydrogen (secondary N) is 1. The van der Waals surface area contributed by atoms with E-state index in [0.717, 1.165) is 24.0 Å². The second-order valence-corrected chi connectivity index (χ2v) is 5.27. The van der Waals surface area contributed by atoms with Gasteiger partial charge >= 0.3 is 0 Å². The van der Waals surface area contributed by atoms with Crippen molar-refractivity contribution in [1.82, 2.24) is 10.2 Å². The van der Waals surface area contributed by atoms with E-state index in [1.807, 2.05) is 0 Å². The minimum absolute atomic E-state index is 0.523. The molecule has 0 fully saturated rings. The van der Waals surface area contributed by atoms with E-state index in [2.05, 4.69) is 71.4 Å². The fraction of sp³-hybridized carbons (Fsp3) is 0.538. The zero-order chi connectivity index (χ0) is 12.0. The van der Waals surface area contributed by atoms with Crippen molar-refractivity contribution in [1.29, 1.82) is 0 Å². The summed E-state index contributed by atoms with van der Waals surface area (Å²) in [5.41, 5.74) is 1.38. The van der Waals surface area contributed by atoms with E-state index < -0.39 is 0 Å². The third-order valence-corrected chi connectivity index (χ3v) is 2.94. The van der Waals surface area contributed by atoms with Gasteiger partial charge in [-0.2, -0.15) is 0 Å². The molecule has 0 heterocycles. The van der Waals surface area contributed by atoms with Gasteiger partial charge < -0.3 is 10.2 Å². The van der Waals surface area contributed by atoms with Crippen molar-refractivity contribution in [2.24, 2.45) is 0 Å². The summed E-state index contributed by atoms with van der Waals surface area (Å²) in [4.78, 5) is 2.23. The molecular formula is C13H21BrN2. The molecule has 1 N–H and O–H groups in total. The molecule has 1 unspecified atom stereocenters. The number of nitrogens with zero attached hydrogens (tertiary/aromatic N) is 1. The molecule has 0 aliphatic carbocycles. The molecule has 0 saturated carbocycles. The Bertz CT molecular complexity index is 313. The third kappa shape index (κ3) is 5.10. The first-order chi connectivity index (χ1) is 7.61. The second kappa shape index (κ2) is 7.05. The highest BCUT2D eigenvalue weighted by Crippen LogP contribution is 2.13. The lowest BCUT2D eigenvalue weighted by Crippen LogP contribution is -2.39. The Kier molecular flexibility index (Phi) is 6.03. The van der Waals surface area contributed by atoms with Gasteiger partial charge in [-0.1, -0.05) is 35.0 Å². The monoisotopic (exact) mass is 284 g/mol. The number of benzene rings is 1. The molecule has 3 heteroatoms. The first kappa shape index (κ1) is 13.7. The van der Waals surface area contributed by atoms with Crippen molar-refractivity contribution in [2.45, 2.75) is 19.4 Å². The first-order valence-corrected chi connectivity index (χ1v) is 6.53. The van der Waals surface area contributed by atoms with Crippen LogP contribution in [-0.2, 0) is 6.42 Å². The molecule has 2 nitrogen and oxygen atoms in total. The van der Waals surface area contributed by atoms with Crippen LogP contribution < -0.4 is 5.32 Å². The summed E-state index contributed by atoms with van der Waals surface area (Å²) in [5, 5.41) is 3.52. The Hall–Kier alpha value is -0.380. The smallest absolute Gasteiger partial charge is 0.0235 e. The molecule has 0 radical (unpaired) electrons. The SMILES string of the molecule is CCNC(Cc1cccc(Br)c1)CN(C)C. The normalized spacial score (nSPS) is 13.1. The number of halogens is 1. The van der Waals surface area contributed by atoms with Crippen molar-refractivity contribution < 1.29 is 0 Å². The molecule has 0 aliphatic rings. The highest BCUT2D eigenvalue weighted by atomic mass is 79.9. The van der Waals surface area contributed by atoms with Crippen LogP contribution in [0.1, 0.15) is 12.5 Å². The van der Waals surface area contributed by atoms with Crippen molar-refractivity contribution in [2.75, 3.05) is 27.2 Å². The molecule has 0 amide bonds. The van der Waals surface area contributed by atoms with E-state index >= 15 is 0 Å². The molecule has 1 aromatic carbocycles. The van der Waals surface area contributed by atoms with E-state index in [9.17, 15) is 0 Å². The summed E-state index contributed by atoms with van der Waals surface area (Å²) < 4.78 is 1.16. The standard InChI is InChI=1S/C13H21BrN2/c1-4-15-13(10-16(2)3)9-11-6-5-7-12(14)8-11/h5-8,13,15H,4,9-10H2,1-3H3. The van der Waals surface area contributed by atoms with Crippen molar-refractivity contribution in [3.05, 3.63) is 34.3 Å². The average molecular weight is 285 g/mol. The molecule has 16 heavy (non-hydrogen) atoms. The minimum Gasteiger partial charge on any atom is -0.313 e. The molecule has 0 aliphatic heterocycles. The van der Waals surface area contributed by atoms with Gasteiger partial charge in [-0.3, -0.25) is 0 Å². The largest absolute Gasteiger partial charge is 0.313 e.